The quantitative estimate of drug-likeness (QED) is 0.562. The second-order valence-electron chi connectivity index (χ2n) is 4.83. The monoisotopic (exact) mass is 312 g/mol. The molecule has 2 heteroatoms. The Morgan fingerprint density at radius 1 is 1.17 bits per heavy atom. The molecule has 1 aromatic rings. The van der Waals surface area contributed by atoms with Crippen LogP contribution in [0.4, 0.5) is 0 Å². The van der Waals surface area contributed by atoms with E-state index >= 15 is 0 Å². The summed E-state index contributed by atoms with van der Waals surface area (Å²) >= 11 is 3.50. The molecule has 0 saturated carbocycles. The smallest absolute Gasteiger partial charge is 0.123 e. The number of ether oxygens (including phenoxy) is 1. The van der Waals surface area contributed by atoms with Crippen LogP contribution in [0, 0.1) is 0 Å². The molecule has 0 heterocycles. The van der Waals surface area contributed by atoms with Gasteiger partial charge in [0, 0.05) is 10.9 Å². The second kappa shape index (κ2) is 8.58. The van der Waals surface area contributed by atoms with Gasteiger partial charge < -0.3 is 4.74 Å². The van der Waals surface area contributed by atoms with Crippen molar-refractivity contribution in [1.82, 2.24) is 0 Å². The Morgan fingerprint density at radius 3 is 2.50 bits per heavy atom. The molecule has 0 aliphatic rings. The number of unbranched alkanes of at least 4 members (excludes halogenated alkanes) is 1. The zero-order valence-corrected chi connectivity index (χ0v) is 13.4. The minimum atomic E-state index is 0.688. The molecule has 0 aliphatic carbocycles. The van der Waals surface area contributed by atoms with Crippen LogP contribution >= 0.6 is 15.9 Å². The summed E-state index contributed by atoms with van der Waals surface area (Å²) in [5, 5.41) is 0.851. The number of hydrogen-bond donors (Lipinski definition) is 0. The maximum atomic E-state index is 5.48. The number of halogens is 1. The molecule has 1 nitrogen and oxygen atoms in total. The van der Waals surface area contributed by atoms with Crippen molar-refractivity contribution in [2.45, 2.75) is 57.2 Å². The van der Waals surface area contributed by atoms with Gasteiger partial charge in [0.1, 0.15) is 5.75 Å². The Morgan fingerprint density at radius 2 is 1.94 bits per heavy atom. The third kappa shape index (κ3) is 4.31. The van der Waals surface area contributed by atoms with Crippen molar-refractivity contribution in [2.24, 2.45) is 0 Å². The van der Waals surface area contributed by atoms with E-state index < -0.39 is 0 Å². The first-order valence-corrected chi connectivity index (χ1v) is 8.11. The highest BCUT2D eigenvalue weighted by molar-refractivity contribution is 9.08. The van der Waals surface area contributed by atoms with Crippen molar-refractivity contribution < 1.29 is 4.74 Å². The molecule has 102 valence electrons. The molecule has 0 aromatic heterocycles. The van der Waals surface area contributed by atoms with Crippen LogP contribution in [0.5, 0.6) is 5.75 Å². The second-order valence-corrected chi connectivity index (χ2v) is 5.39. The maximum Gasteiger partial charge on any atom is 0.123 e. The van der Waals surface area contributed by atoms with Crippen LogP contribution in [0.2, 0.25) is 0 Å². The van der Waals surface area contributed by atoms with E-state index in [1.54, 1.807) is 7.11 Å². The first kappa shape index (κ1) is 15.6. The molecular weight excluding hydrogens is 288 g/mol. The van der Waals surface area contributed by atoms with Gasteiger partial charge >= 0.3 is 0 Å². The summed E-state index contributed by atoms with van der Waals surface area (Å²) in [5.41, 5.74) is 2.67. The van der Waals surface area contributed by atoms with Crippen LogP contribution in [0.3, 0.4) is 0 Å². The summed E-state index contributed by atoms with van der Waals surface area (Å²) in [4.78, 5) is 0. The lowest BCUT2D eigenvalue weighted by Gasteiger charge is -2.18. The zero-order valence-electron chi connectivity index (χ0n) is 11.8. The summed E-state index contributed by atoms with van der Waals surface area (Å²) in [6.07, 6.45) is 6.40. The van der Waals surface area contributed by atoms with Crippen LogP contribution < -0.4 is 4.74 Å². The van der Waals surface area contributed by atoms with E-state index in [2.05, 4.69) is 48.0 Å². The average Bonchev–Trinajstić information content (AvgIpc) is 2.42. The highest BCUT2D eigenvalue weighted by Crippen LogP contribution is 2.31. The number of benzene rings is 1. The fourth-order valence-corrected chi connectivity index (χ4v) is 2.87. The van der Waals surface area contributed by atoms with Gasteiger partial charge in [-0.2, -0.15) is 0 Å². The molecule has 0 fully saturated rings. The van der Waals surface area contributed by atoms with Crippen LogP contribution in [0.15, 0.2) is 18.2 Å². The molecule has 1 unspecified atom stereocenters. The molecule has 0 radical (unpaired) electrons. The molecule has 18 heavy (non-hydrogen) atoms. The Labute approximate surface area is 120 Å². The summed E-state index contributed by atoms with van der Waals surface area (Å²) in [5.74, 6) is 1.70. The molecule has 0 bridgehead atoms. The normalized spacial score (nSPS) is 12.4. The summed E-state index contributed by atoms with van der Waals surface area (Å²) in [6, 6.07) is 6.69. The predicted octanol–water partition coefficient (Wildman–Crippen LogP) is 5.66. The van der Waals surface area contributed by atoms with Crippen molar-refractivity contribution in [3.8, 4) is 5.75 Å². The fourth-order valence-electron chi connectivity index (χ4n) is 2.40. The van der Waals surface area contributed by atoms with Gasteiger partial charge in [-0.05, 0) is 30.4 Å². The Balaban J connectivity index is 2.89. The Kier molecular flexibility index (Phi) is 7.41. The lowest BCUT2D eigenvalue weighted by Crippen LogP contribution is -2.00. The van der Waals surface area contributed by atoms with Crippen LogP contribution in [-0.4, -0.2) is 7.11 Å². The Hall–Kier alpha value is -0.500. The minimum Gasteiger partial charge on any atom is -0.496 e. The summed E-state index contributed by atoms with van der Waals surface area (Å²) in [6.45, 7) is 4.53. The van der Waals surface area contributed by atoms with E-state index in [9.17, 15) is 0 Å². The number of rotatable bonds is 8. The fraction of sp³-hybridized carbons (Fsp3) is 0.625. The van der Waals surface area contributed by atoms with Crippen molar-refractivity contribution in [3.05, 3.63) is 29.3 Å². The minimum absolute atomic E-state index is 0.688. The number of hydrogen-bond acceptors (Lipinski definition) is 1. The maximum absolute atomic E-state index is 5.48. The van der Waals surface area contributed by atoms with E-state index in [0.29, 0.717) is 5.92 Å². The first-order valence-electron chi connectivity index (χ1n) is 6.99. The van der Waals surface area contributed by atoms with Crippen LogP contribution in [-0.2, 0) is 5.33 Å². The van der Waals surface area contributed by atoms with Crippen molar-refractivity contribution in [2.75, 3.05) is 7.11 Å². The van der Waals surface area contributed by atoms with Crippen LogP contribution in [0.25, 0.3) is 0 Å². The highest BCUT2D eigenvalue weighted by Gasteiger charge is 2.12. The molecule has 0 saturated heterocycles. The highest BCUT2D eigenvalue weighted by atomic mass is 79.9. The molecule has 0 spiro atoms. The topological polar surface area (TPSA) is 9.23 Å². The lowest BCUT2D eigenvalue weighted by atomic mass is 9.89. The number of alkyl halides is 1. The van der Waals surface area contributed by atoms with Crippen molar-refractivity contribution in [1.29, 1.82) is 0 Å². The van der Waals surface area contributed by atoms with Gasteiger partial charge in [0.25, 0.3) is 0 Å². The lowest BCUT2D eigenvalue weighted by molar-refractivity contribution is 0.409. The van der Waals surface area contributed by atoms with E-state index in [4.69, 9.17) is 4.74 Å². The van der Waals surface area contributed by atoms with Gasteiger partial charge in [0.05, 0.1) is 7.11 Å². The SMILES string of the molecule is CCCCC(CCC)c1ccc(CBr)c(OC)c1. The number of methoxy groups -OCH3 is 1. The van der Waals surface area contributed by atoms with Gasteiger partial charge in [0.15, 0.2) is 0 Å². The van der Waals surface area contributed by atoms with Gasteiger partial charge in [-0.1, -0.05) is 61.2 Å². The molecular formula is C16H25BrO. The molecule has 0 aliphatic heterocycles. The van der Waals surface area contributed by atoms with Crippen LogP contribution in [0.1, 0.15) is 63.0 Å². The van der Waals surface area contributed by atoms with E-state index in [0.717, 1.165) is 11.1 Å². The van der Waals surface area contributed by atoms with Gasteiger partial charge in [-0.25, -0.2) is 0 Å². The van der Waals surface area contributed by atoms with Gasteiger partial charge in [-0.15, -0.1) is 0 Å². The first-order chi connectivity index (χ1) is 8.76. The average molecular weight is 313 g/mol. The van der Waals surface area contributed by atoms with Gasteiger partial charge in [-0.3, -0.25) is 0 Å². The Bertz CT molecular complexity index is 349. The molecule has 0 amide bonds. The summed E-state index contributed by atoms with van der Waals surface area (Å²) < 4.78 is 5.48. The zero-order chi connectivity index (χ0) is 13.4. The van der Waals surface area contributed by atoms with E-state index in [-0.39, 0.29) is 0 Å². The third-order valence-corrected chi connectivity index (χ3v) is 4.07. The molecule has 1 aromatic carbocycles. The summed E-state index contributed by atoms with van der Waals surface area (Å²) in [7, 11) is 1.76. The third-order valence-electron chi connectivity index (χ3n) is 3.47. The molecule has 1 rings (SSSR count). The molecule has 1 atom stereocenters. The van der Waals surface area contributed by atoms with Crippen molar-refractivity contribution in [3.63, 3.8) is 0 Å². The molecule has 0 N–H and O–H groups in total. The predicted molar refractivity (Wildman–Crippen MR) is 82.8 cm³/mol. The largest absolute Gasteiger partial charge is 0.496 e. The van der Waals surface area contributed by atoms with E-state index in [1.807, 2.05) is 0 Å². The standard InChI is InChI=1S/C16H25BrO/c1-4-6-8-13(7-5-2)14-9-10-15(12-17)16(11-14)18-3/h9-11,13H,4-8,12H2,1-3H3. The van der Waals surface area contributed by atoms with Crippen molar-refractivity contribution >= 4 is 15.9 Å². The van der Waals surface area contributed by atoms with Gasteiger partial charge in [0.2, 0.25) is 0 Å². The van der Waals surface area contributed by atoms with E-state index in [1.165, 1.54) is 43.2 Å².